The number of amides is 1. The van der Waals surface area contributed by atoms with E-state index in [1.807, 2.05) is 18.2 Å². The molecule has 1 atom stereocenters. The number of hydrogen-bond donors (Lipinski definition) is 3. The molecule has 0 saturated carbocycles. The Morgan fingerprint density at radius 2 is 2.26 bits per heavy atom. The highest BCUT2D eigenvalue weighted by Crippen LogP contribution is 2.11. The van der Waals surface area contributed by atoms with Gasteiger partial charge in [-0.1, -0.05) is 13.0 Å². The summed E-state index contributed by atoms with van der Waals surface area (Å²) in [6.45, 7) is 1.89. The van der Waals surface area contributed by atoms with Crippen molar-refractivity contribution in [3.8, 4) is 0 Å². The number of H-pyrrole nitrogens is 1. The van der Waals surface area contributed by atoms with Crippen LogP contribution in [0.1, 0.15) is 18.9 Å². The van der Waals surface area contributed by atoms with Crippen molar-refractivity contribution in [1.29, 1.82) is 0 Å². The zero-order chi connectivity index (χ0) is 13.8. The Kier molecular flexibility index (Phi) is 3.79. The highest BCUT2D eigenvalue weighted by molar-refractivity contribution is 5.82. The molecule has 0 spiro atoms. The lowest BCUT2D eigenvalue weighted by atomic mass is 10.1. The third-order valence-corrected chi connectivity index (χ3v) is 2.89. The fourth-order valence-corrected chi connectivity index (χ4v) is 1.73. The van der Waals surface area contributed by atoms with Gasteiger partial charge in [0.25, 0.3) is 0 Å². The second-order valence-corrected chi connectivity index (χ2v) is 4.47. The van der Waals surface area contributed by atoms with Gasteiger partial charge in [-0.15, -0.1) is 0 Å². The number of aliphatic carboxylic acids is 1. The van der Waals surface area contributed by atoms with Gasteiger partial charge in [0.05, 0.1) is 23.3 Å². The largest absolute Gasteiger partial charge is 0.481 e. The van der Waals surface area contributed by atoms with Gasteiger partial charge in [-0.3, -0.25) is 9.59 Å². The lowest BCUT2D eigenvalue weighted by Gasteiger charge is -2.07. The summed E-state index contributed by atoms with van der Waals surface area (Å²) in [5.74, 6) is -1.90. The zero-order valence-electron chi connectivity index (χ0n) is 10.5. The van der Waals surface area contributed by atoms with E-state index < -0.39 is 11.9 Å². The second-order valence-electron chi connectivity index (χ2n) is 4.47. The molecule has 2 aromatic rings. The molecular weight excluding hydrogens is 246 g/mol. The van der Waals surface area contributed by atoms with Crippen LogP contribution in [0.4, 0.5) is 0 Å². The molecule has 6 nitrogen and oxygen atoms in total. The Morgan fingerprint density at radius 1 is 1.47 bits per heavy atom. The Morgan fingerprint density at radius 3 is 3.00 bits per heavy atom. The fourth-order valence-electron chi connectivity index (χ4n) is 1.73. The maximum Gasteiger partial charge on any atom is 0.306 e. The molecule has 100 valence electrons. The van der Waals surface area contributed by atoms with Gasteiger partial charge < -0.3 is 15.4 Å². The molecule has 1 amide bonds. The first-order chi connectivity index (χ1) is 9.06. The van der Waals surface area contributed by atoms with Crippen LogP contribution in [0, 0.1) is 5.92 Å². The predicted octanol–water partition coefficient (Wildman–Crippen LogP) is 1.29. The summed E-state index contributed by atoms with van der Waals surface area (Å²) in [7, 11) is 0. The zero-order valence-corrected chi connectivity index (χ0v) is 10.5. The first kappa shape index (κ1) is 13.1. The third-order valence-electron chi connectivity index (χ3n) is 2.89. The van der Waals surface area contributed by atoms with Gasteiger partial charge in [0, 0.05) is 13.0 Å². The minimum Gasteiger partial charge on any atom is -0.481 e. The molecular formula is C13H15N3O3. The van der Waals surface area contributed by atoms with Crippen molar-refractivity contribution >= 4 is 22.9 Å². The van der Waals surface area contributed by atoms with Crippen LogP contribution < -0.4 is 5.32 Å². The summed E-state index contributed by atoms with van der Waals surface area (Å²) in [6.07, 6.45) is 1.60. The van der Waals surface area contributed by atoms with E-state index in [1.165, 1.54) is 6.92 Å². The number of nitrogens with zero attached hydrogens (tertiary/aromatic N) is 1. The van der Waals surface area contributed by atoms with Crippen LogP contribution >= 0.6 is 0 Å². The van der Waals surface area contributed by atoms with E-state index in [-0.39, 0.29) is 12.3 Å². The van der Waals surface area contributed by atoms with Gasteiger partial charge in [0.2, 0.25) is 5.91 Å². The van der Waals surface area contributed by atoms with Crippen molar-refractivity contribution in [3.05, 3.63) is 30.1 Å². The van der Waals surface area contributed by atoms with E-state index in [1.54, 1.807) is 6.33 Å². The first-order valence-corrected chi connectivity index (χ1v) is 5.98. The lowest BCUT2D eigenvalue weighted by molar-refractivity contribution is -0.143. The van der Waals surface area contributed by atoms with Crippen LogP contribution in [0.5, 0.6) is 0 Å². The summed E-state index contributed by atoms with van der Waals surface area (Å²) >= 11 is 0. The summed E-state index contributed by atoms with van der Waals surface area (Å²) in [4.78, 5) is 29.3. The summed E-state index contributed by atoms with van der Waals surface area (Å²) in [6, 6.07) is 5.65. The average Bonchev–Trinajstić information content (AvgIpc) is 2.83. The van der Waals surface area contributed by atoms with E-state index >= 15 is 0 Å². The van der Waals surface area contributed by atoms with E-state index in [9.17, 15) is 9.59 Å². The van der Waals surface area contributed by atoms with Crippen LogP contribution in [-0.2, 0) is 16.1 Å². The van der Waals surface area contributed by atoms with E-state index in [0.717, 1.165) is 16.6 Å². The first-order valence-electron chi connectivity index (χ1n) is 5.98. The van der Waals surface area contributed by atoms with Crippen molar-refractivity contribution in [2.75, 3.05) is 0 Å². The smallest absolute Gasteiger partial charge is 0.306 e. The van der Waals surface area contributed by atoms with Gasteiger partial charge in [-0.05, 0) is 17.7 Å². The molecule has 0 fully saturated rings. The monoisotopic (exact) mass is 261 g/mol. The molecule has 0 aliphatic heterocycles. The van der Waals surface area contributed by atoms with Gasteiger partial charge >= 0.3 is 5.97 Å². The van der Waals surface area contributed by atoms with Gasteiger partial charge in [0.1, 0.15) is 0 Å². The maximum absolute atomic E-state index is 11.6. The van der Waals surface area contributed by atoms with Crippen LogP contribution in [0.2, 0.25) is 0 Å². The van der Waals surface area contributed by atoms with Crippen molar-refractivity contribution in [1.82, 2.24) is 15.3 Å². The normalized spacial score (nSPS) is 12.3. The number of rotatable bonds is 5. The minimum absolute atomic E-state index is 0.0123. The number of aromatic nitrogens is 2. The molecule has 1 aromatic heterocycles. The van der Waals surface area contributed by atoms with Gasteiger partial charge in [-0.25, -0.2) is 4.98 Å². The Bertz CT molecular complexity index is 606. The van der Waals surface area contributed by atoms with Crippen LogP contribution in [-0.4, -0.2) is 27.0 Å². The van der Waals surface area contributed by atoms with E-state index in [4.69, 9.17) is 5.11 Å². The quantitative estimate of drug-likeness (QED) is 0.755. The average molecular weight is 261 g/mol. The number of carbonyl (C=O) groups excluding carboxylic acids is 1. The summed E-state index contributed by atoms with van der Waals surface area (Å²) < 4.78 is 0. The van der Waals surface area contributed by atoms with Crippen LogP contribution in [0.3, 0.4) is 0 Å². The number of aromatic amines is 1. The number of benzene rings is 1. The minimum atomic E-state index is -0.964. The number of imidazole rings is 1. The summed E-state index contributed by atoms with van der Waals surface area (Å²) in [5.41, 5.74) is 2.72. The van der Waals surface area contributed by atoms with Crippen molar-refractivity contribution in [2.45, 2.75) is 19.9 Å². The number of carbonyl (C=O) groups is 2. The topological polar surface area (TPSA) is 95.1 Å². The van der Waals surface area contributed by atoms with Crippen molar-refractivity contribution in [3.63, 3.8) is 0 Å². The molecule has 1 heterocycles. The molecule has 1 aromatic carbocycles. The fraction of sp³-hybridized carbons (Fsp3) is 0.308. The van der Waals surface area contributed by atoms with E-state index in [0.29, 0.717) is 6.54 Å². The molecule has 2 rings (SSSR count). The predicted molar refractivity (Wildman–Crippen MR) is 69.4 cm³/mol. The number of nitrogens with one attached hydrogen (secondary N) is 2. The Labute approximate surface area is 109 Å². The molecule has 3 N–H and O–H groups in total. The molecule has 1 unspecified atom stereocenters. The van der Waals surface area contributed by atoms with Crippen molar-refractivity contribution in [2.24, 2.45) is 5.92 Å². The van der Waals surface area contributed by atoms with Crippen molar-refractivity contribution < 1.29 is 14.7 Å². The highest BCUT2D eigenvalue weighted by atomic mass is 16.4. The van der Waals surface area contributed by atoms with Gasteiger partial charge in [-0.2, -0.15) is 0 Å². The number of hydrogen-bond acceptors (Lipinski definition) is 3. The number of fused-ring (bicyclic) bond motifs is 1. The summed E-state index contributed by atoms with van der Waals surface area (Å²) in [5, 5.41) is 11.4. The molecule has 6 heteroatoms. The van der Waals surface area contributed by atoms with Gasteiger partial charge in [0.15, 0.2) is 0 Å². The molecule has 0 aliphatic rings. The molecule has 0 bridgehead atoms. The number of carboxylic acids is 1. The SMILES string of the molecule is CC(CC(=O)NCc1ccc2nc[nH]c2c1)C(=O)O. The third kappa shape index (κ3) is 3.31. The molecule has 0 radical (unpaired) electrons. The standard InChI is InChI=1S/C13H15N3O3/c1-8(13(18)19)4-12(17)14-6-9-2-3-10-11(5-9)16-7-15-10/h2-3,5,7-8H,4,6H2,1H3,(H,14,17)(H,15,16)(H,18,19). The lowest BCUT2D eigenvalue weighted by Crippen LogP contribution is -2.26. The Hall–Kier alpha value is -2.37. The maximum atomic E-state index is 11.6. The molecule has 0 saturated heterocycles. The Balaban J connectivity index is 1.91. The van der Waals surface area contributed by atoms with E-state index in [2.05, 4.69) is 15.3 Å². The van der Waals surface area contributed by atoms with Crippen LogP contribution in [0.25, 0.3) is 11.0 Å². The number of carboxylic acid groups (broad SMARTS) is 1. The second kappa shape index (κ2) is 5.51. The molecule has 19 heavy (non-hydrogen) atoms. The molecule has 0 aliphatic carbocycles. The van der Waals surface area contributed by atoms with Crippen LogP contribution in [0.15, 0.2) is 24.5 Å². The highest BCUT2D eigenvalue weighted by Gasteiger charge is 2.15.